The van der Waals surface area contributed by atoms with Crippen LogP contribution >= 0.6 is 0 Å². The van der Waals surface area contributed by atoms with Crippen molar-refractivity contribution >= 4 is 11.9 Å². The van der Waals surface area contributed by atoms with Gasteiger partial charge in [-0.3, -0.25) is 4.79 Å². The highest BCUT2D eigenvalue weighted by Crippen LogP contribution is 2.14. The highest BCUT2D eigenvalue weighted by Gasteiger charge is 2.16. The van der Waals surface area contributed by atoms with Crippen LogP contribution in [0.5, 0.6) is 11.5 Å². The summed E-state index contributed by atoms with van der Waals surface area (Å²) >= 11 is 0. The maximum atomic E-state index is 11.9. The van der Waals surface area contributed by atoms with Crippen molar-refractivity contribution in [1.29, 1.82) is 0 Å². The van der Waals surface area contributed by atoms with Gasteiger partial charge < -0.3 is 24.6 Å². The maximum Gasteiger partial charge on any atom is 0.333 e. The molecule has 1 atom stereocenters. The predicted octanol–water partition coefficient (Wildman–Crippen LogP) is 2.07. The summed E-state index contributed by atoms with van der Waals surface area (Å²) in [6.07, 6.45) is 0.0929. The van der Waals surface area contributed by atoms with Gasteiger partial charge in [-0.15, -0.1) is 0 Å². The normalized spacial score (nSPS) is 11.5. The first-order chi connectivity index (χ1) is 13.5. The molecule has 0 fully saturated rings. The van der Waals surface area contributed by atoms with Crippen LogP contribution in [-0.4, -0.2) is 50.5 Å². The smallest absolute Gasteiger partial charge is 0.333 e. The molecule has 0 saturated carbocycles. The number of methoxy groups -OCH3 is 2. The lowest BCUT2D eigenvalue weighted by atomic mass is 10.1. The van der Waals surface area contributed by atoms with Crippen LogP contribution in [0.3, 0.4) is 0 Å². The minimum absolute atomic E-state index is 0.0855. The fourth-order valence-electron chi connectivity index (χ4n) is 2.55. The van der Waals surface area contributed by atoms with Crippen LogP contribution in [0, 0.1) is 0 Å². The summed E-state index contributed by atoms with van der Waals surface area (Å²) in [4.78, 5) is 22.9. The zero-order chi connectivity index (χ0) is 20.4. The predicted molar refractivity (Wildman–Crippen MR) is 104 cm³/mol. The van der Waals surface area contributed by atoms with Crippen molar-refractivity contribution in [3.05, 3.63) is 59.7 Å². The SMILES string of the molecule is COc1ccc(CCNC(=O)COc2ccc(C[C@H](OC)C(=O)O)cc2)cc1. The van der Waals surface area contributed by atoms with E-state index in [2.05, 4.69) is 5.32 Å². The fraction of sp³-hybridized carbons (Fsp3) is 0.333. The summed E-state index contributed by atoms with van der Waals surface area (Å²) in [5.41, 5.74) is 1.92. The van der Waals surface area contributed by atoms with Crippen LogP contribution in [0.15, 0.2) is 48.5 Å². The van der Waals surface area contributed by atoms with Crippen LogP contribution in [-0.2, 0) is 27.2 Å². The molecule has 150 valence electrons. The number of carboxylic acids is 1. The van der Waals surface area contributed by atoms with Gasteiger partial charge in [-0.1, -0.05) is 24.3 Å². The highest BCUT2D eigenvalue weighted by molar-refractivity contribution is 5.77. The first-order valence-electron chi connectivity index (χ1n) is 8.88. The molecule has 0 saturated heterocycles. The van der Waals surface area contributed by atoms with E-state index in [-0.39, 0.29) is 18.9 Å². The van der Waals surface area contributed by atoms with Gasteiger partial charge in [0, 0.05) is 20.1 Å². The Bertz CT molecular complexity index is 757. The third-order valence-electron chi connectivity index (χ3n) is 4.17. The molecule has 2 aromatic rings. The van der Waals surface area contributed by atoms with E-state index in [9.17, 15) is 9.59 Å². The van der Waals surface area contributed by atoms with Crippen molar-refractivity contribution in [3.63, 3.8) is 0 Å². The first kappa shape index (κ1) is 21.2. The number of rotatable bonds is 11. The van der Waals surface area contributed by atoms with Gasteiger partial charge in [0.15, 0.2) is 12.7 Å². The number of hydrogen-bond acceptors (Lipinski definition) is 5. The molecule has 0 aromatic heterocycles. The monoisotopic (exact) mass is 387 g/mol. The zero-order valence-electron chi connectivity index (χ0n) is 16.0. The van der Waals surface area contributed by atoms with Crippen LogP contribution in [0.1, 0.15) is 11.1 Å². The number of carbonyl (C=O) groups excluding carboxylic acids is 1. The summed E-state index contributed by atoms with van der Waals surface area (Å²) in [6.45, 7) is 0.429. The molecule has 0 radical (unpaired) electrons. The fourth-order valence-corrected chi connectivity index (χ4v) is 2.55. The van der Waals surface area contributed by atoms with Crippen LogP contribution in [0.25, 0.3) is 0 Å². The number of carboxylic acid groups (broad SMARTS) is 1. The molecule has 0 aliphatic rings. The van der Waals surface area contributed by atoms with Crippen molar-refractivity contribution < 1.29 is 28.9 Å². The van der Waals surface area contributed by atoms with Gasteiger partial charge in [0.05, 0.1) is 7.11 Å². The second kappa shape index (κ2) is 10.9. The van der Waals surface area contributed by atoms with Gasteiger partial charge in [0.1, 0.15) is 11.5 Å². The first-order valence-corrected chi connectivity index (χ1v) is 8.88. The maximum absolute atomic E-state index is 11.9. The number of ether oxygens (including phenoxy) is 3. The third-order valence-corrected chi connectivity index (χ3v) is 4.17. The minimum atomic E-state index is -1.01. The Kier molecular flexibility index (Phi) is 8.30. The molecule has 0 aliphatic carbocycles. The topological polar surface area (TPSA) is 94.1 Å². The molecular weight excluding hydrogens is 362 g/mol. The van der Waals surface area contributed by atoms with Gasteiger partial charge in [0.25, 0.3) is 5.91 Å². The molecule has 0 spiro atoms. The average Bonchev–Trinajstić information content (AvgIpc) is 2.71. The van der Waals surface area contributed by atoms with E-state index in [4.69, 9.17) is 19.3 Å². The molecule has 2 aromatic carbocycles. The van der Waals surface area contributed by atoms with Crippen molar-refractivity contribution in [2.24, 2.45) is 0 Å². The molecule has 0 heterocycles. The molecule has 28 heavy (non-hydrogen) atoms. The number of aliphatic carboxylic acids is 1. The number of nitrogens with one attached hydrogen (secondary N) is 1. The van der Waals surface area contributed by atoms with Crippen molar-refractivity contribution in [3.8, 4) is 11.5 Å². The number of benzene rings is 2. The number of amides is 1. The summed E-state index contributed by atoms with van der Waals surface area (Å²) < 4.78 is 15.5. The molecule has 2 N–H and O–H groups in total. The van der Waals surface area contributed by atoms with Crippen molar-refractivity contribution in [1.82, 2.24) is 5.32 Å². The van der Waals surface area contributed by atoms with Crippen LogP contribution in [0.4, 0.5) is 0 Å². The molecule has 0 unspecified atom stereocenters. The van der Waals surface area contributed by atoms with E-state index in [1.807, 2.05) is 24.3 Å². The molecular formula is C21H25NO6. The Morgan fingerprint density at radius 3 is 2.14 bits per heavy atom. The number of hydrogen-bond donors (Lipinski definition) is 2. The van der Waals surface area contributed by atoms with Gasteiger partial charge in [0.2, 0.25) is 0 Å². The van der Waals surface area contributed by atoms with E-state index in [0.29, 0.717) is 18.7 Å². The van der Waals surface area contributed by atoms with Crippen molar-refractivity contribution in [2.45, 2.75) is 18.9 Å². The van der Waals surface area contributed by atoms with E-state index in [1.54, 1.807) is 31.4 Å². The average molecular weight is 387 g/mol. The van der Waals surface area contributed by atoms with Crippen LogP contribution in [0.2, 0.25) is 0 Å². The number of carbonyl (C=O) groups is 2. The molecule has 0 bridgehead atoms. The van der Waals surface area contributed by atoms with Crippen molar-refractivity contribution in [2.75, 3.05) is 27.4 Å². The Morgan fingerprint density at radius 1 is 0.964 bits per heavy atom. The lowest BCUT2D eigenvalue weighted by Crippen LogP contribution is -2.30. The Labute approximate surface area is 164 Å². The molecule has 0 aliphatic heterocycles. The highest BCUT2D eigenvalue weighted by atomic mass is 16.5. The quantitative estimate of drug-likeness (QED) is 0.613. The molecule has 2 rings (SSSR count). The third kappa shape index (κ3) is 6.92. The lowest BCUT2D eigenvalue weighted by molar-refractivity contribution is -0.148. The van der Waals surface area contributed by atoms with E-state index >= 15 is 0 Å². The Hall–Kier alpha value is -3.06. The second-order valence-corrected chi connectivity index (χ2v) is 6.15. The minimum Gasteiger partial charge on any atom is -0.497 e. The summed E-state index contributed by atoms with van der Waals surface area (Å²) in [6, 6.07) is 14.6. The van der Waals surface area contributed by atoms with Gasteiger partial charge in [-0.2, -0.15) is 0 Å². The summed E-state index contributed by atoms with van der Waals surface area (Å²) in [5.74, 6) is 0.128. The molecule has 7 nitrogen and oxygen atoms in total. The van der Waals surface area contributed by atoms with Gasteiger partial charge in [-0.25, -0.2) is 4.79 Å². The summed E-state index contributed by atoms with van der Waals surface area (Å²) in [5, 5.41) is 11.8. The van der Waals surface area contributed by atoms with Crippen LogP contribution < -0.4 is 14.8 Å². The Morgan fingerprint density at radius 2 is 1.57 bits per heavy atom. The molecule has 1 amide bonds. The summed E-state index contributed by atoms with van der Waals surface area (Å²) in [7, 11) is 2.98. The van der Waals surface area contributed by atoms with Gasteiger partial charge in [-0.05, 0) is 41.8 Å². The van der Waals surface area contributed by atoms with E-state index in [1.165, 1.54) is 7.11 Å². The van der Waals surface area contributed by atoms with E-state index < -0.39 is 12.1 Å². The largest absolute Gasteiger partial charge is 0.497 e. The van der Waals surface area contributed by atoms with Gasteiger partial charge >= 0.3 is 5.97 Å². The zero-order valence-corrected chi connectivity index (χ0v) is 16.0. The lowest BCUT2D eigenvalue weighted by Gasteiger charge is -2.11. The standard InChI is InChI=1S/C21H25NO6/c1-26-17-7-3-15(4-8-17)11-12-22-20(23)14-28-18-9-5-16(6-10-18)13-19(27-2)21(24)25/h3-10,19H,11-14H2,1-2H3,(H,22,23)(H,24,25)/t19-/m0/s1. The Balaban J connectivity index is 1.71. The van der Waals surface area contributed by atoms with E-state index in [0.717, 1.165) is 16.9 Å². The molecule has 7 heteroatoms. The second-order valence-electron chi connectivity index (χ2n) is 6.15.